The molecule has 0 aromatic heterocycles. The Morgan fingerprint density at radius 2 is 0.982 bits per heavy atom. The van der Waals surface area contributed by atoms with Crippen LogP contribution in [0.15, 0.2) is 96.1 Å². The predicted octanol–water partition coefficient (Wildman–Crippen LogP) is 15.5. The fourth-order valence-corrected chi connectivity index (χ4v) is 41.4. The third kappa shape index (κ3) is 6.77. The van der Waals surface area contributed by atoms with Gasteiger partial charge < -0.3 is 0 Å². The molecule has 0 N–H and O–H groups in total. The van der Waals surface area contributed by atoms with E-state index in [1.807, 2.05) is 25.1 Å². The number of allylic oxidation sites excluding steroid dienone is 2. The Labute approximate surface area is 337 Å². The molecule has 6 rings (SSSR count). The van der Waals surface area contributed by atoms with Crippen molar-refractivity contribution in [3.8, 4) is 22.3 Å². The molecule has 0 radical (unpaired) electrons. The van der Waals surface area contributed by atoms with Gasteiger partial charge in [-0.2, -0.15) is 0 Å². The maximum atomic E-state index is 13.9. The summed E-state index contributed by atoms with van der Waals surface area (Å²) in [5.41, 5.74) is 1.51. The number of fused-ring (bicyclic) bond motifs is 2. The van der Waals surface area contributed by atoms with E-state index in [1.165, 1.54) is 5.56 Å². The summed E-state index contributed by atoms with van der Waals surface area (Å²) in [4.78, 5) is 0. The summed E-state index contributed by atoms with van der Waals surface area (Å²) >= 11 is -5.28. The standard InChI is InChI=1S/C22H25.C20H12F9.C2H7Si.2ClH.Zr/c1-15(2)18-13-17-7-6-8-20(21(17)14-18)16-9-11-19(12-10-16)22(3,4)5;1-11-9-13-3-2-4-15(16(13)10-11)12-5-7-14(8-6-12)17(18(21,22)23,19(24,25)26)20(27,28)29;1-3-2;;;/h6-15H,1-5H3;2-10H,1H3;3H,1-2H3;2*1H;/q;;;;;+2/p-2. The molecule has 0 saturated carbocycles. The second-order valence-corrected chi connectivity index (χ2v) is 59.7. The van der Waals surface area contributed by atoms with Gasteiger partial charge in [-0.05, 0) is 0 Å². The number of alkyl halides is 9. The molecule has 2 aliphatic carbocycles. The summed E-state index contributed by atoms with van der Waals surface area (Å²) in [5.74, 6) is -1.91. The molecular formula is C44H44Cl2F9SiZr. The van der Waals surface area contributed by atoms with Gasteiger partial charge in [-0.15, -0.1) is 0 Å². The number of hydrogen-bond acceptors (Lipinski definition) is 0. The van der Waals surface area contributed by atoms with Gasteiger partial charge in [0.05, 0.1) is 0 Å². The minimum atomic E-state index is -6.71. The quantitative estimate of drug-likeness (QED) is 0.128. The Kier molecular flexibility index (Phi) is 11.0. The molecule has 2 atom stereocenters. The average molecular weight is 934 g/mol. The van der Waals surface area contributed by atoms with Crippen LogP contribution in [0, 0.1) is 5.92 Å². The van der Waals surface area contributed by atoms with Crippen molar-refractivity contribution in [2.75, 3.05) is 0 Å². The molecule has 2 unspecified atom stereocenters. The van der Waals surface area contributed by atoms with Crippen molar-refractivity contribution in [1.29, 1.82) is 0 Å². The van der Waals surface area contributed by atoms with E-state index in [0.717, 1.165) is 51.1 Å². The van der Waals surface area contributed by atoms with Crippen molar-refractivity contribution in [3.63, 3.8) is 0 Å². The summed E-state index contributed by atoms with van der Waals surface area (Å²) in [7, 11) is 16.9. The second kappa shape index (κ2) is 14.3. The van der Waals surface area contributed by atoms with Gasteiger partial charge in [0, 0.05) is 0 Å². The molecular weight excluding hydrogens is 890 g/mol. The van der Waals surface area contributed by atoms with Gasteiger partial charge in [-0.3, -0.25) is 0 Å². The zero-order valence-electron chi connectivity index (χ0n) is 32.7. The van der Waals surface area contributed by atoms with Gasteiger partial charge in [-0.1, -0.05) is 0 Å². The minimum absolute atomic E-state index is 0.0158. The van der Waals surface area contributed by atoms with Crippen molar-refractivity contribution >= 4 is 35.1 Å². The van der Waals surface area contributed by atoms with Crippen LogP contribution in [0.1, 0.15) is 82.2 Å². The van der Waals surface area contributed by atoms with E-state index in [-0.39, 0.29) is 32.7 Å². The topological polar surface area (TPSA) is 0 Å². The summed E-state index contributed by atoms with van der Waals surface area (Å²) in [6.07, 6.45) is -16.0. The summed E-state index contributed by atoms with van der Waals surface area (Å²) < 4.78 is 125. The second-order valence-electron chi connectivity index (χ2n) is 17.2. The molecule has 0 saturated heterocycles. The van der Waals surface area contributed by atoms with E-state index >= 15 is 0 Å². The van der Waals surface area contributed by atoms with Crippen LogP contribution in [0.5, 0.6) is 0 Å². The molecule has 4 aromatic rings. The number of rotatable bonds is 7. The van der Waals surface area contributed by atoms with Crippen LogP contribution >= 0.6 is 17.0 Å². The van der Waals surface area contributed by atoms with Crippen molar-refractivity contribution in [2.24, 2.45) is 5.92 Å². The zero-order chi connectivity index (χ0) is 42.5. The van der Waals surface area contributed by atoms with E-state index in [9.17, 15) is 39.5 Å². The third-order valence-electron chi connectivity index (χ3n) is 12.2. The van der Waals surface area contributed by atoms with Gasteiger partial charge in [0.15, 0.2) is 0 Å². The van der Waals surface area contributed by atoms with Gasteiger partial charge in [0.2, 0.25) is 0 Å². The van der Waals surface area contributed by atoms with Gasteiger partial charge in [-0.25, -0.2) is 0 Å². The van der Waals surface area contributed by atoms with Crippen LogP contribution in [0.4, 0.5) is 39.5 Å². The van der Waals surface area contributed by atoms with Crippen LogP contribution in [0.2, 0.25) is 13.1 Å². The van der Waals surface area contributed by atoms with E-state index in [2.05, 4.69) is 90.2 Å². The van der Waals surface area contributed by atoms with E-state index in [0.29, 0.717) is 11.1 Å². The fourth-order valence-electron chi connectivity index (χ4n) is 9.18. The van der Waals surface area contributed by atoms with Crippen LogP contribution in [-0.4, -0.2) is 24.5 Å². The van der Waals surface area contributed by atoms with Gasteiger partial charge in [0.25, 0.3) is 0 Å². The normalized spacial score (nSPS) is 18.6. The van der Waals surface area contributed by atoms with Gasteiger partial charge >= 0.3 is 339 Å². The third-order valence-corrected chi connectivity index (χ3v) is 64.2. The summed E-state index contributed by atoms with van der Waals surface area (Å²) in [6.45, 7) is 17.1. The molecule has 305 valence electrons. The number of hydrogen-bond donors (Lipinski definition) is 0. The summed E-state index contributed by atoms with van der Waals surface area (Å²) in [6, 6.07) is 22.4. The Hall–Kier alpha value is -2.59. The molecule has 4 aromatic carbocycles. The summed E-state index contributed by atoms with van der Waals surface area (Å²) in [5, 5.41) is 0. The van der Waals surface area contributed by atoms with Gasteiger partial charge in [0.1, 0.15) is 0 Å². The molecule has 0 heterocycles. The zero-order valence-corrected chi connectivity index (χ0v) is 37.8. The monoisotopic (exact) mass is 931 g/mol. The molecule has 57 heavy (non-hydrogen) atoms. The first-order chi connectivity index (χ1) is 26.1. The van der Waals surface area contributed by atoms with Crippen LogP contribution in [0.25, 0.3) is 34.4 Å². The molecule has 0 nitrogen and oxygen atoms in total. The van der Waals surface area contributed by atoms with Crippen LogP contribution in [-0.2, 0) is 26.4 Å². The van der Waals surface area contributed by atoms with Crippen molar-refractivity contribution in [3.05, 3.63) is 129 Å². The van der Waals surface area contributed by atoms with E-state index in [1.54, 1.807) is 12.1 Å². The van der Waals surface area contributed by atoms with Crippen LogP contribution in [0.3, 0.4) is 0 Å². The van der Waals surface area contributed by atoms with Crippen molar-refractivity contribution in [2.45, 2.75) is 91.2 Å². The van der Waals surface area contributed by atoms with Crippen LogP contribution < -0.4 is 0 Å². The first-order valence-electron chi connectivity index (χ1n) is 18.7. The maximum absolute atomic E-state index is 13.9. The molecule has 13 heteroatoms. The number of benzene rings is 4. The number of halogens is 11. The first-order valence-corrected chi connectivity index (χ1v) is 35.0. The Balaban J connectivity index is 1.50. The van der Waals surface area contributed by atoms with Crippen molar-refractivity contribution in [1.82, 2.24) is 0 Å². The van der Waals surface area contributed by atoms with Crippen molar-refractivity contribution < 1.29 is 55.1 Å². The fraction of sp³-hybridized carbons (Fsp3) is 0.364. The Morgan fingerprint density at radius 1 is 0.579 bits per heavy atom. The SMILES string of the molecule is CC1=Cc2c(-c3ccc(C(C(F)(F)F)(C(F)(F)F)C(F)(F)F)cc3)cccc2[CH]1[Zr]([Cl])([Cl])([CH]1C(C(C)C)=Cc2c(-c3ccc(C(C)(C)C)cc3)cccc21)[SiH](C)C. The predicted molar refractivity (Wildman–Crippen MR) is 215 cm³/mol. The van der Waals surface area contributed by atoms with E-state index < -0.39 is 54.6 Å². The molecule has 0 bridgehead atoms. The Bertz CT molecular complexity index is 2220. The Morgan fingerprint density at radius 3 is 1.37 bits per heavy atom. The molecule has 0 fully saturated rings. The molecule has 0 spiro atoms. The molecule has 0 aliphatic heterocycles. The molecule has 0 amide bonds. The van der Waals surface area contributed by atoms with E-state index in [4.69, 9.17) is 17.0 Å². The average Bonchev–Trinajstić information content (AvgIpc) is 3.66. The molecule has 2 aliphatic rings. The first kappa shape index (κ1) is 44.0.